The summed E-state index contributed by atoms with van der Waals surface area (Å²) in [6, 6.07) is 4.99. The van der Waals surface area contributed by atoms with Gasteiger partial charge in [-0.1, -0.05) is 116 Å². The first kappa shape index (κ1) is 38.6. The molecule has 0 spiro atoms. The SMILES string of the molecule is C=C(C)C(C)CC(CCCCCC)CCCCCC.C=C/C=C(\C)O.Cc1cc(C)cc(F)c1.NN. The van der Waals surface area contributed by atoms with Crippen LogP contribution in [0.3, 0.4) is 0 Å². The molecular formula is C32H59FN2O. The molecule has 5 N–H and O–H groups in total. The Morgan fingerprint density at radius 2 is 1.36 bits per heavy atom. The number of nitrogens with two attached hydrogens (primary N) is 2. The fourth-order valence-corrected chi connectivity index (χ4v) is 3.89. The number of hydrogen-bond donors (Lipinski definition) is 3. The van der Waals surface area contributed by atoms with Crippen molar-refractivity contribution in [3.63, 3.8) is 0 Å². The Kier molecular flexibility index (Phi) is 29.7. The van der Waals surface area contributed by atoms with Gasteiger partial charge in [0.1, 0.15) is 5.82 Å². The lowest BCUT2D eigenvalue weighted by molar-refractivity contribution is 0.347. The van der Waals surface area contributed by atoms with Crippen molar-refractivity contribution < 1.29 is 9.50 Å². The number of hydrogen-bond acceptors (Lipinski definition) is 3. The molecule has 36 heavy (non-hydrogen) atoms. The topological polar surface area (TPSA) is 72.3 Å². The minimum Gasteiger partial charge on any atom is -0.513 e. The van der Waals surface area contributed by atoms with Crippen molar-refractivity contribution in [2.45, 2.75) is 119 Å². The molecule has 4 heteroatoms. The molecule has 0 radical (unpaired) electrons. The van der Waals surface area contributed by atoms with Gasteiger partial charge < -0.3 is 5.11 Å². The second-order valence-corrected chi connectivity index (χ2v) is 9.90. The Morgan fingerprint density at radius 3 is 1.64 bits per heavy atom. The molecule has 0 bridgehead atoms. The van der Waals surface area contributed by atoms with Gasteiger partial charge in [0, 0.05) is 0 Å². The largest absolute Gasteiger partial charge is 0.513 e. The van der Waals surface area contributed by atoms with Crippen LogP contribution in [-0.2, 0) is 0 Å². The van der Waals surface area contributed by atoms with Gasteiger partial charge >= 0.3 is 0 Å². The van der Waals surface area contributed by atoms with Gasteiger partial charge in [0.05, 0.1) is 5.76 Å². The number of allylic oxidation sites excluding steroid dienone is 4. The van der Waals surface area contributed by atoms with Crippen molar-refractivity contribution >= 4 is 0 Å². The van der Waals surface area contributed by atoms with Gasteiger partial charge in [-0.3, -0.25) is 11.7 Å². The fraction of sp³-hybridized carbons (Fsp3) is 0.625. The number of aryl methyl sites for hydroxylation is 2. The number of rotatable bonds is 14. The zero-order valence-corrected chi connectivity index (χ0v) is 24.7. The molecule has 3 nitrogen and oxygen atoms in total. The number of aliphatic hydroxyl groups excluding tert-OH is 1. The summed E-state index contributed by atoms with van der Waals surface area (Å²) in [4.78, 5) is 0. The molecule has 1 atom stereocenters. The molecule has 1 aromatic carbocycles. The van der Waals surface area contributed by atoms with Gasteiger partial charge in [-0.15, -0.1) is 0 Å². The van der Waals surface area contributed by atoms with E-state index < -0.39 is 0 Å². The Hall–Kier alpha value is -1.91. The molecule has 0 aliphatic carbocycles. The predicted molar refractivity (Wildman–Crippen MR) is 160 cm³/mol. The Bertz CT molecular complexity index is 618. The van der Waals surface area contributed by atoms with Crippen LogP contribution in [0.25, 0.3) is 0 Å². The van der Waals surface area contributed by atoms with Gasteiger partial charge in [0.25, 0.3) is 0 Å². The van der Waals surface area contributed by atoms with Crippen LogP contribution in [0.15, 0.2) is 54.8 Å². The van der Waals surface area contributed by atoms with Crippen molar-refractivity contribution in [3.8, 4) is 0 Å². The first-order valence-corrected chi connectivity index (χ1v) is 13.8. The van der Waals surface area contributed by atoms with Crippen molar-refractivity contribution in [2.75, 3.05) is 0 Å². The average molecular weight is 507 g/mol. The molecule has 1 aromatic rings. The van der Waals surface area contributed by atoms with Crippen LogP contribution >= 0.6 is 0 Å². The van der Waals surface area contributed by atoms with Crippen LogP contribution in [0.4, 0.5) is 4.39 Å². The number of unbranched alkanes of at least 4 members (excludes halogenated alkanes) is 6. The van der Waals surface area contributed by atoms with E-state index in [4.69, 9.17) is 5.11 Å². The summed E-state index contributed by atoms with van der Waals surface area (Å²) < 4.78 is 12.4. The molecule has 0 fully saturated rings. The Labute approximate surface area is 223 Å². The molecule has 0 saturated heterocycles. The third kappa shape index (κ3) is 28.3. The van der Waals surface area contributed by atoms with E-state index in [9.17, 15) is 4.39 Å². The fourth-order valence-electron chi connectivity index (χ4n) is 3.89. The lowest BCUT2D eigenvalue weighted by atomic mass is 9.85. The molecule has 1 unspecified atom stereocenters. The normalized spacial score (nSPS) is 11.2. The van der Waals surface area contributed by atoms with E-state index >= 15 is 0 Å². The Balaban J connectivity index is -0.000000524. The molecular weight excluding hydrogens is 447 g/mol. The third-order valence-corrected chi connectivity index (χ3v) is 6.01. The van der Waals surface area contributed by atoms with E-state index in [1.807, 2.05) is 19.9 Å². The molecule has 210 valence electrons. The Morgan fingerprint density at radius 1 is 0.917 bits per heavy atom. The van der Waals surface area contributed by atoms with E-state index in [2.05, 4.69) is 52.5 Å². The van der Waals surface area contributed by atoms with Crippen molar-refractivity contribution in [3.05, 3.63) is 71.8 Å². The zero-order chi connectivity index (χ0) is 28.4. The molecule has 0 saturated carbocycles. The standard InChI is InChI=1S/C19H38.C8H9F.C5H8O.H4N2/c1-6-8-10-12-14-19(15-13-11-9-7-2)16-18(5)17(3)4;1-6-3-7(2)5-8(9)4-6;1-3-4-5(2)6;1-2/h18-19H,3,6-16H2,1-2,4-5H3;3-5H,1-2H3;3-4,6H,1H2,2H3;1-2H2/b;;5-4+;. The number of benzene rings is 1. The minimum absolute atomic E-state index is 0.146. The van der Waals surface area contributed by atoms with Crippen molar-refractivity contribution in [1.82, 2.24) is 0 Å². The van der Waals surface area contributed by atoms with Crippen molar-refractivity contribution in [1.29, 1.82) is 0 Å². The molecule has 1 rings (SSSR count). The molecule has 0 aliphatic heterocycles. The lowest BCUT2D eigenvalue weighted by Crippen LogP contribution is -2.08. The van der Waals surface area contributed by atoms with Gasteiger partial charge in [0.15, 0.2) is 0 Å². The second-order valence-electron chi connectivity index (χ2n) is 9.90. The second kappa shape index (κ2) is 27.7. The summed E-state index contributed by atoms with van der Waals surface area (Å²) >= 11 is 0. The maximum atomic E-state index is 12.4. The van der Waals surface area contributed by atoms with Crippen molar-refractivity contribution in [2.24, 2.45) is 23.5 Å². The highest BCUT2D eigenvalue weighted by molar-refractivity contribution is 5.21. The van der Waals surface area contributed by atoms with Gasteiger partial charge in [-0.25, -0.2) is 4.39 Å². The predicted octanol–water partition coefficient (Wildman–Crippen LogP) is 10.0. The zero-order valence-electron chi connectivity index (χ0n) is 24.7. The van der Waals surface area contributed by atoms with Crippen LogP contribution in [0.2, 0.25) is 0 Å². The van der Waals surface area contributed by atoms with Gasteiger partial charge in [0.2, 0.25) is 0 Å². The first-order valence-electron chi connectivity index (χ1n) is 13.8. The lowest BCUT2D eigenvalue weighted by Gasteiger charge is -2.21. The minimum atomic E-state index is -0.146. The van der Waals surface area contributed by atoms with Crippen LogP contribution < -0.4 is 11.7 Å². The average Bonchev–Trinajstić information content (AvgIpc) is 2.80. The smallest absolute Gasteiger partial charge is 0.123 e. The summed E-state index contributed by atoms with van der Waals surface area (Å²) in [5, 5.41) is 8.34. The van der Waals surface area contributed by atoms with Crippen LogP contribution in [-0.4, -0.2) is 5.11 Å². The molecule has 0 aromatic heterocycles. The highest BCUT2D eigenvalue weighted by Gasteiger charge is 2.13. The van der Waals surface area contributed by atoms with Gasteiger partial charge in [-0.05, 0) is 75.3 Å². The summed E-state index contributed by atoms with van der Waals surface area (Å²) in [6.07, 6.45) is 18.6. The van der Waals surface area contributed by atoms with Gasteiger partial charge in [-0.2, -0.15) is 0 Å². The van der Waals surface area contributed by atoms with E-state index in [-0.39, 0.29) is 5.82 Å². The van der Waals surface area contributed by atoms with Crippen LogP contribution in [0.5, 0.6) is 0 Å². The number of hydrazine groups is 1. The monoisotopic (exact) mass is 506 g/mol. The quantitative estimate of drug-likeness (QED) is 0.0587. The van der Waals surface area contributed by atoms with E-state index in [0.717, 1.165) is 17.0 Å². The number of halogens is 1. The summed E-state index contributed by atoms with van der Waals surface area (Å²) in [5.74, 6) is 9.81. The van der Waals surface area contributed by atoms with Crippen LogP contribution in [0, 0.1) is 31.5 Å². The number of aliphatic hydroxyl groups is 1. The maximum Gasteiger partial charge on any atom is 0.123 e. The van der Waals surface area contributed by atoms with E-state index in [1.54, 1.807) is 6.92 Å². The molecule has 0 heterocycles. The molecule has 0 amide bonds. The highest BCUT2D eigenvalue weighted by Crippen LogP contribution is 2.27. The third-order valence-electron chi connectivity index (χ3n) is 6.01. The van der Waals surface area contributed by atoms with E-state index in [0.29, 0.717) is 11.7 Å². The van der Waals surface area contributed by atoms with Crippen LogP contribution in [0.1, 0.15) is 116 Å². The van der Waals surface area contributed by atoms with E-state index in [1.165, 1.54) is 100 Å². The summed E-state index contributed by atoms with van der Waals surface area (Å²) in [6.45, 7) is 22.0. The maximum absolute atomic E-state index is 12.4. The molecule has 0 aliphatic rings. The summed E-state index contributed by atoms with van der Waals surface area (Å²) in [5.41, 5.74) is 3.33. The first-order chi connectivity index (χ1) is 17.1. The summed E-state index contributed by atoms with van der Waals surface area (Å²) in [7, 11) is 0. The highest BCUT2D eigenvalue weighted by atomic mass is 19.1.